The molecule has 136 valence electrons. The SMILES string of the molecule is O=[N+]([O-])C(Cl)C1c2ccccc2OC(c2ccccc2O)C1(Cl)[N+](=O)[O-]. The molecule has 1 aliphatic heterocycles. The lowest BCUT2D eigenvalue weighted by Crippen LogP contribution is -2.53. The number of rotatable bonds is 4. The van der Waals surface area contributed by atoms with Gasteiger partial charge in [-0.15, -0.1) is 0 Å². The van der Waals surface area contributed by atoms with Crippen molar-refractivity contribution in [3.05, 3.63) is 79.9 Å². The number of nitrogens with zero attached hydrogens (tertiary/aromatic N) is 2. The summed E-state index contributed by atoms with van der Waals surface area (Å²) >= 11 is 12.3. The molecule has 0 aromatic heterocycles. The van der Waals surface area contributed by atoms with Crippen molar-refractivity contribution in [2.75, 3.05) is 0 Å². The van der Waals surface area contributed by atoms with Crippen molar-refractivity contribution in [1.82, 2.24) is 0 Å². The van der Waals surface area contributed by atoms with E-state index in [1.807, 2.05) is 0 Å². The van der Waals surface area contributed by atoms with Crippen LogP contribution in [0.25, 0.3) is 0 Å². The van der Waals surface area contributed by atoms with E-state index in [9.17, 15) is 25.3 Å². The molecule has 0 amide bonds. The van der Waals surface area contributed by atoms with Crippen molar-refractivity contribution in [3.63, 3.8) is 0 Å². The molecule has 0 aliphatic carbocycles. The topological polar surface area (TPSA) is 116 Å². The van der Waals surface area contributed by atoms with E-state index in [1.165, 1.54) is 36.4 Å². The summed E-state index contributed by atoms with van der Waals surface area (Å²) in [6, 6.07) is 11.9. The van der Waals surface area contributed by atoms with E-state index in [4.69, 9.17) is 27.9 Å². The standard InChI is InChI=1S/C16H12Cl2N2O6/c17-15(19(22)23)13-10-6-2-4-8-12(10)26-14(16(13,18)20(24)25)9-5-1-3-7-11(9)21/h1-8,13-15,21H. The van der Waals surface area contributed by atoms with Gasteiger partial charge in [-0.2, -0.15) is 0 Å². The number of para-hydroxylation sites is 2. The van der Waals surface area contributed by atoms with Gasteiger partial charge in [0.25, 0.3) is 0 Å². The maximum Gasteiger partial charge on any atom is 0.350 e. The van der Waals surface area contributed by atoms with Crippen LogP contribution in [-0.2, 0) is 0 Å². The molecule has 1 heterocycles. The molecule has 0 saturated heterocycles. The summed E-state index contributed by atoms with van der Waals surface area (Å²) in [5.74, 6) is -1.61. The number of phenolic OH excluding ortho intramolecular Hbond substituents is 1. The summed E-state index contributed by atoms with van der Waals surface area (Å²) in [4.78, 5) is 19.1. The Morgan fingerprint density at radius 2 is 1.65 bits per heavy atom. The summed E-state index contributed by atoms with van der Waals surface area (Å²) in [5, 5.41) is 33.4. The Balaban J connectivity index is 2.29. The average Bonchev–Trinajstić information content (AvgIpc) is 2.61. The van der Waals surface area contributed by atoms with Gasteiger partial charge in [-0.3, -0.25) is 20.2 Å². The zero-order chi connectivity index (χ0) is 19.1. The minimum absolute atomic E-state index is 0.0333. The summed E-state index contributed by atoms with van der Waals surface area (Å²) in [6.45, 7) is 0. The van der Waals surface area contributed by atoms with Gasteiger partial charge in [-0.25, -0.2) is 0 Å². The molecular weight excluding hydrogens is 387 g/mol. The summed E-state index contributed by atoms with van der Waals surface area (Å²) in [6.07, 6.45) is -1.50. The molecule has 26 heavy (non-hydrogen) atoms. The lowest BCUT2D eigenvalue weighted by atomic mass is 9.82. The molecule has 8 nitrogen and oxygen atoms in total. The van der Waals surface area contributed by atoms with Crippen molar-refractivity contribution in [2.45, 2.75) is 22.5 Å². The van der Waals surface area contributed by atoms with E-state index >= 15 is 0 Å². The number of ether oxygens (including phenoxy) is 1. The predicted molar refractivity (Wildman–Crippen MR) is 92.9 cm³/mol. The lowest BCUT2D eigenvalue weighted by Gasteiger charge is -2.39. The Morgan fingerprint density at radius 1 is 1.08 bits per heavy atom. The Labute approximate surface area is 157 Å². The minimum Gasteiger partial charge on any atom is -0.508 e. The van der Waals surface area contributed by atoms with E-state index in [1.54, 1.807) is 12.1 Å². The summed E-state index contributed by atoms with van der Waals surface area (Å²) in [7, 11) is 0. The maximum absolute atomic E-state index is 11.9. The van der Waals surface area contributed by atoms with Gasteiger partial charge in [-0.1, -0.05) is 36.4 Å². The zero-order valence-electron chi connectivity index (χ0n) is 13.0. The van der Waals surface area contributed by atoms with Gasteiger partial charge in [0.1, 0.15) is 11.5 Å². The number of aromatic hydroxyl groups is 1. The third-order valence-corrected chi connectivity index (χ3v) is 5.26. The highest BCUT2D eigenvalue weighted by molar-refractivity contribution is 6.26. The number of benzene rings is 2. The Bertz CT molecular complexity index is 879. The number of alkyl halides is 2. The molecule has 1 aliphatic rings. The second kappa shape index (κ2) is 6.62. The van der Waals surface area contributed by atoms with Crippen LogP contribution in [0.1, 0.15) is 23.1 Å². The third-order valence-electron chi connectivity index (χ3n) is 4.28. The predicted octanol–water partition coefficient (Wildman–Crippen LogP) is 3.66. The van der Waals surface area contributed by atoms with Gasteiger partial charge in [0.2, 0.25) is 6.10 Å². The number of fused-ring (bicyclic) bond motifs is 1. The van der Waals surface area contributed by atoms with Crippen LogP contribution in [0.4, 0.5) is 0 Å². The molecule has 2 aromatic rings. The van der Waals surface area contributed by atoms with E-state index in [0.717, 1.165) is 0 Å². The highest BCUT2D eigenvalue weighted by Gasteiger charge is 2.67. The second-order valence-electron chi connectivity index (χ2n) is 5.71. The normalized spacial score (nSPS) is 25.6. The number of halogens is 2. The maximum atomic E-state index is 11.9. The molecule has 1 N–H and O–H groups in total. The van der Waals surface area contributed by atoms with Crippen LogP contribution in [0.15, 0.2) is 48.5 Å². The Morgan fingerprint density at radius 3 is 2.23 bits per heavy atom. The number of hydrogen-bond donors (Lipinski definition) is 1. The first-order chi connectivity index (χ1) is 12.3. The van der Waals surface area contributed by atoms with Crippen molar-refractivity contribution in [2.24, 2.45) is 0 Å². The van der Waals surface area contributed by atoms with Crippen LogP contribution < -0.4 is 4.74 Å². The van der Waals surface area contributed by atoms with Gasteiger partial charge in [0, 0.05) is 21.0 Å². The van der Waals surface area contributed by atoms with E-state index in [-0.39, 0.29) is 22.6 Å². The number of phenols is 1. The van der Waals surface area contributed by atoms with Crippen molar-refractivity contribution >= 4 is 23.2 Å². The van der Waals surface area contributed by atoms with Crippen LogP contribution in [0.3, 0.4) is 0 Å². The smallest absolute Gasteiger partial charge is 0.350 e. The summed E-state index contributed by atoms with van der Waals surface area (Å²) < 4.78 is 5.72. The first kappa shape index (κ1) is 18.2. The molecule has 0 radical (unpaired) electrons. The minimum atomic E-state index is -2.51. The van der Waals surface area contributed by atoms with Gasteiger partial charge >= 0.3 is 10.5 Å². The lowest BCUT2D eigenvalue weighted by molar-refractivity contribution is -0.581. The highest BCUT2D eigenvalue weighted by Crippen LogP contribution is 2.55. The van der Waals surface area contributed by atoms with Crippen molar-refractivity contribution in [3.8, 4) is 11.5 Å². The number of nitro groups is 2. The quantitative estimate of drug-likeness (QED) is 0.363. The summed E-state index contributed by atoms with van der Waals surface area (Å²) in [5.41, 5.74) is -1.69. The molecule has 0 spiro atoms. The Kier molecular flexibility index (Phi) is 4.64. The molecule has 4 unspecified atom stereocenters. The molecule has 2 aromatic carbocycles. The largest absolute Gasteiger partial charge is 0.508 e. The fourth-order valence-corrected chi connectivity index (χ4v) is 3.89. The molecule has 3 rings (SSSR count). The fourth-order valence-electron chi connectivity index (χ4n) is 3.10. The highest BCUT2D eigenvalue weighted by atomic mass is 35.5. The monoisotopic (exact) mass is 398 g/mol. The molecular formula is C16H12Cl2N2O6. The molecule has 4 atom stereocenters. The fraction of sp³-hybridized carbons (Fsp3) is 0.250. The van der Waals surface area contributed by atoms with E-state index in [2.05, 4.69) is 0 Å². The molecule has 10 heteroatoms. The third kappa shape index (κ3) is 2.71. The van der Waals surface area contributed by atoms with Crippen LogP contribution in [0.2, 0.25) is 0 Å². The van der Waals surface area contributed by atoms with Gasteiger partial charge in [0.15, 0.2) is 5.92 Å². The van der Waals surface area contributed by atoms with Crippen molar-refractivity contribution < 1.29 is 19.7 Å². The first-order valence-electron chi connectivity index (χ1n) is 7.43. The zero-order valence-corrected chi connectivity index (χ0v) is 14.5. The molecule has 0 saturated carbocycles. The Hall–Kier alpha value is -2.58. The second-order valence-corrected chi connectivity index (χ2v) is 6.77. The van der Waals surface area contributed by atoms with E-state index in [0.29, 0.717) is 0 Å². The van der Waals surface area contributed by atoms with Gasteiger partial charge in [-0.05, 0) is 35.3 Å². The van der Waals surface area contributed by atoms with Gasteiger partial charge < -0.3 is 9.84 Å². The molecule has 0 bridgehead atoms. The number of hydrogen-bond acceptors (Lipinski definition) is 6. The van der Waals surface area contributed by atoms with Crippen LogP contribution in [0.5, 0.6) is 11.5 Å². The van der Waals surface area contributed by atoms with Crippen molar-refractivity contribution in [1.29, 1.82) is 0 Å². The van der Waals surface area contributed by atoms with E-state index < -0.39 is 32.4 Å². The van der Waals surface area contributed by atoms with Crippen LogP contribution in [0, 0.1) is 20.2 Å². The average molecular weight is 399 g/mol. The van der Waals surface area contributed by atoms with Gasteiger partial charge in [0.05, 0.1) is 0 Å². The van der Waals surface area contributed by atoms with Crippen LogP contribution >= 0.6 is 23.2 Å². The van der Waals surface area contributed by atoms with Crippen LogP contribution in [-0.4, -0.2) is 25.5 Å². The molecule has 0 fully saturated rings. The first-order valence-corrected chi connectivity index (χ1v) is 8.24.